The van der Waals surface area contributed by atoms with Crippen molar-refractivity contribution in [3.8, 4) is 0 Å². The van der Waals surface area contributed by atoms with Crippen molar-refractivity contribution in [1.82, 2.24) is 24.8 Å². The summed E-state index contributed by atoms with van der Waals surface area (Å²) in [5, 5.41) is 0. The molecule has 0 spiro atoms. The van der Waals surface area contributed by atoms with E-state index < -0.39 is 0 Å². The number of nitrogens with zero attached hydrogens (tertiary/aromatic N) is 5. The van der Waals surface area contributed by atoms with E-state index in [0.29, 0.717) is 6.04 Å². The lowest BCUT2D eigenvalue weighted by Crippen LogP contribution is -2.63. The monoisotopic (exact) mass is 300 g/mol. The molecular formula is C16H24N6. The highest BCUT2D eigenvalue weighted by Crippen LogP contribution is 2.28. The van der Waals surface area contributed by atoms with Crippen molar-refractivity contribution < 1.29 is 0 Å². The standard InChI is InChI=1S/C16H24N6/c1-3-20-4-6-21(7-5-20)13-9-22(10-13)16-15-14(17-11-18-16)8-12(2)19-15/h8,11,13,19H,3-7,9-10H2,1-2H3. The molecule has 2 aromatic heterocycles. The summed E-state index contributed by atoms with van der Waals surface area (Å²) in [5.74, 6) is 1.06. The molecule has 0 saturated carbocycles. The van der Waals surface area contributed by atoms with E-state index >= 15 is 0 Å². The molecule has 2 fully saturated rings. The normalized spacial score (nSPS) is 21.5. The highest BCUT2D eigenvalue weighted by molar-refractivity contribution is 5.87. The summed E-state index contributed by atoms with van der Waals surface area (Å²) in [4.78, 5) is 19.8. The maximum Gasteiger partial charge on any atom is 0.156 e. The molecule has 2 aromatic rings. The van der Waals surface area contributed by atoms with Crippen molar-refractivity contribution in [2.75, 3.05) is 50.7 Å². The number of fused-ring (bicyclic) bond motifs is 1. The van der Waals surface area contributed by atoms with Crippen molar-refractivity contribution in [3.05, 3.63) is 18.1 Å². The second-order valence-electron chi connectivity index (χ2n) is 6.44. The van der Waals surface area contributed by atoms with E-state index in [0.717, 1.165) is 35.6 Å². The summed E-state index contributed by atoms with van der Waals surface area (Å²) in [7, 11) is 0. The van der Waals surface area contributed by atoms with Gasteiger partial charge < -0.3 is 14.8 Å². The Kier molecular flexibility index (Phi) is 3.50. The molecule has 2 aliphatic heterocycles. The average Bonchev–Trinajstić information content (AvgIpc) is 2.87. The highest BCUT2D eigenvalue weighted by Gasteiger charge is 2.34. The van der Waals surface area contributed by atoms with Crippen molar-refractivity contribution >= 4 is 16.9 Å². The minimum Gasteiger partial charge on any atom is -0.354 e. The summed E-state index contributed by atoms with van der Waals surface area (Å²) in [6.45, 7) is 12.5. The van der Waals surface area contributed by atoms with Gasteiger partial charge in [-0.15, -0.1) is 0 Å². The van der Waals surface area contributed by atoms with Crippen LogP contribution in [0.4, 0.5) is 5.82 Å². The molecule has 6 heteroatoms. The van der Waals surface area contributed by atoms with Crippen LogP contribution in [0.2, 0.25) is 0 Å². The van der Waals surface area contributed by atoms with Gasteiger partial charge in [-0.05, 0) is 19.5 Å². The van der Waals surface area contributed by atoms with Crippen LogP contribution in [0.15, 0.2) is 12.4 Å². The van der Waals surface area contributed by atoms with Crippen LogP contribution >= 0.6 is 0 Å². The Hall–Kier alpha value is -1.66. The van der Waals surface area contributed by atoms with Crippen LogP contribution in [-0.2, 0) is 0 Å². The van der Waals surface area contributed by atoms with Crippen LogP contribution in [0.5, 0.6) is 0 Å². The Bertz CT molecular complexity index is 652. The molecule has 0 atom stereocenters. The third kappa shape index (κ3) is 2.36. The first-order chi connectivity index (χ1) is 10.7. The molecule has 1 N–H and O–H groups in total. The van der Waals surface area contributed by atoms with E-state index in [4.69, 9.17) is 0 Å². The zero-order valence-corrected chi connectivity index (χ0v) is 13.4. The van der Waals surface area contributed by atoms with E-state index in [2.05, 4.69) is 49.6 Å². The fourth-order valence-corrected chi connectivity index (χ4v) is 3.60. The SMILES string of the molecule is CCN1CCN(C2CN(c3ncnc4cc(C)[nH]c34)C2)CC1. The number of H-pyrrole nitrogens is 1. The summed E-state index contributed by atoms with van der Waals surface area (Å²) >= 11 is 0. The maximum atomic E-state index is 4.50. The molecule has 22 heavy (non-hydrogen) atoms. The Labute approximate surface area is 131 Å². The van der Waals surface area contributed by atoms with E-state index in [9.17, 15) is 0 Å². The lowest BCUT2D eigenvalue weighted by Gasteiger charge is -2.48. The first kappa shape index (κ1) is 14.0. The number of hydrogen-bond acceptors (Lipinski definition) is 5. The quantitative estimate of drug-likeness (QED) is 0.920. The van der Waals surface area contributed by atoms with Crippen LogP contribution in [0.25, 0.3) is 11.0 Å². The van der Waals surface area contributed by atoms with Gasteiger partial charge in [-0.2, -0.15) is 0 Å². The van der Waals surface area contributed by atoms with E-state index in [1.165, 1.54) is 32.7 Å². The Morgan fingerprint density at radius 1 is 1.18 bits per heavy atom. The molecule has 4 rings (SSSR count). The molecule has 2 saturated heterocycles. The minimum absolute atomic E-state index is 0.681. The zero-order chi connectivity index (χ0) is 15.1. The number of nitrogens with one attached hydrogen (secondary N) is 1. The van der Waals surface area contributed by atoms with Gasteiger partial charge in [0.05, 0.1) is 5.52 Å². The molecule has 4 heterocycles. The lowest BCUT2D eigenvalue weighted by atomic mass is 10.1. The molecule has 0 amide bonds. The Balaban J connectivity index is 1.42. The number of piperazine rings is 1. The molecule has 0 bridgehead atoms. The number of anilines is 1. The highest BCUT2D eigenvalue weighted by atomic mass is 15.4. The van der Waals surface area contributed by atoms with Crippen LogP contribution in [-0.4, -0.2) is 76.6 Å². The molecule has 0 aliphatic carbocycles. The number of hydrogen-bond donors (Lipinski definition) is 1. The minimum atomic E-state index is 0.681. The van der Waals surface area contributed by atoms with Crippen LogP contribution in [0, 0.1) is 6.92 Å². The third-order valence-corrected chi connectivity index (χ3v) is 5.06. The molecular weight excluding hydrogens is 276 g/mol. The number of aromatic nitrogens is 3. The first-order valence-electron chi connectivity index (χ1n) is 8.26. The van der Waals surface area contributed by atoms with E-state index in [-0.39, 0.29) is 0 Å². The van der Waals surface area contributed by atoms with Gasteiger partial charge in [0.2, 0.25) is 0 Å². The summed E-state index contributed by atoms with van der Waals surface area (Å²) in [6.07, 6.45) is 1.68. The van der Waals surface area contributed by atoms with Crippen molar-refractivity contribution in [3.63, 3.8) is 0 Å². The maximum absolute atomic E-state index is 4.50. The van der Waals surface area contributed by atoms with Gasteiger partial charge in [0, 0.05) is 51.0 Å². The Morgan fingerprint density at radius 3 is 2.68 bits per heavy atom. The second-order valence-corrected chi connectivity index (χ2v) is 6.44. The first-order valence-corrected chi connectivity index (χ1v) is 8.26. The van der Waals surface area contributed by atoms with E-state index in [1.807, 2.05) is 0 Å². The number of aryl methyl sites for hydroxylation is 1. The predicted octanol–water partition coefficient (Wildman–Crippen LogP) is 1.09. The number of rotatable bonds is 3. The predicted molar refractivity (Wildman–Crippen MR) is 88.3 cm³/mol. The average molecular weight is 300 g/mol. The largest absolute Gasteiger partial charge is 0.354 e. The van der Waals surface area contributed by atoms with Gasteiger partial charge in [-0.1, -0.05) is 6.92 Å². The molecule has 0 radical (unpaired) electrons. The van der Waals surface area contributed by atoms with Crippen molar-refractivity contribution in [2.45, 2.75) is 19.9 Å². The van der Waals surface area contributed by atoms with E-state index in [1.54, 1.807) is 6.33 Å². The fourth-order valence-electron chi connectivity index (χ4n) is 3.60. The molecule has 0 aromatic carbocycles. The number of aromatic amines is 1. The lowest BCUT2D eigenvalue weighted by molar-refractivity contribution is 0.0860. The van der Waals surface area contributed by atoms with Gasteiger partial charge in [-0.25, -0.2) is 9.97 Å². The van der Waals surface area contributed by atoms with Gasteiger partial charge in [0.15, 0.2) is 5.82 Å². The molecule has 6 nitrogen and oxygen atoms in total. The van der Waals surface area contributed by atoms with Gasteiger partial charge in [-0.3, -0.25) is 4.90 Å². The smallest absolute Gasteiger partial charge is 0.156 e. The van der Waals surface area contributed by atoms with Crippen LogP contribution in [0.1, 0.15) is 12.6 Å². The van der Waals surface area contributed by atoms with Crippen LogP contribution in [0.3, 0.4) is 0 Å². The summed E-state index contributed by atoms with van der Waals surface area (Å²) in [5.41, 5.74) is 3.24. The van der Waals surface area contributed by atoms with Crippen molar-refractivity contribution in [1.29, 1.82) is 0 Å². The van der Waals surface area contributed by atoms with Crippen LogP contribution < -0.4 is 4.90 Å². The molecule has 118 valence electrons. The fraction of sp³-hybridized carbons (Fsp3) is 0.625. The van der Waals surface area contributed by atoms with Gasteiger partial charge in [0.1, 0.15) is 11.8 Å². The second kappa shape index (κ2) is 5.52. The molecule has 2 aliphatic rings. The summed E-state index contributed by atoms with van der Waals surface area (Å²) < 4.78 is 0. The Morgan fingerprint density at radius 2 is 1.95 bits per heavy atom. The summed E-state index contributed by atoms with van der Waals surface area (Å²) in [6, 6.07) is 2.77. The number of likely N-dealkylation sites (N-methyl/N-ethyl adjacent to an activating group) is 1. The third-order valence-electron chi connectivity index (χ3n) is 5.06. The molecule has 0 unspecified atom stereocenters. The van der Waals surface area contributed by atoms with Gasteiger partial charge >= 0.3 is 0 Å². The van der Waals surface area contributed by atoms with Crippen molar-refractivity contribution in [2.24, 2.45) is 0 Å². The van der Waals surface area contributed by atoms with Gasteiger partial charge in [0.25, 0.3) is 0 Å². The topological polar surface area (TPSA) is 51.3 Å². The zero-order valence-electron chi connectivity index (χ0n) is 13.4.